The van der Waals surface area contributed by atoms with Gasteiger partial charge in [0, 0.05) is 0 Å². The summed E-state index contributed by atoms with van der Waals surface area (Å²) >= 11 is 0. The Labute approximate surface area is 94.0 Å². The molecule has 0 N–H and O–H groups in total. The number of rotatable bonds is 5. The van der Waals surface area contributed by atoms with Crippen molar-refractivity contribution in [1.29, 1.82) is 0 Å². The number of hydrogen-bond acceptors (Lipinski definition) is 2. The van der Waals surface area contributed by atoms with Crippen LogP contribution in [0, 0.1) is 0 Å². The van der Waals surface area contributed by atoms with Crippen molar-refractivity contribution < 1.29 is 9.53 Å². The minimum absolute atomic E-state index is 0.214. The Morgan fingerprint density at radius 3 is 2.27 bits per heavy atom. The highest BCUT2D eigenvalue weighted by Crippen LogP contribution is 2.08. The maximum Gasteiger partial charge on any atom is 0.337 e. The maximum absolute atomic E-state index is 11.5. The van der Waals surface area contributed by atoms with Gasteiger partial charge in [-0.15, -0.1) is 0 Å². The second-order valence-electron chi connectivity index (χ2n) is 4.49. The zero-order valence-electron chi connectivity index (χ0n) is 10.5. The first kappa shape index (κ1) is 14.2. The number of esters is 1. The zero-order chi connectivity index (χ0) is 11.9. The molecular formula is C12H22O2Si. The summed E-state index contributed by atoms with van der Waals surface area (Å²) in [4.78, 5) is 11.5. The Balaban J connectivity index is 4.63. The van der Waals surface area contributed by atoms with Crippen LogP contribution < -0.4 is 0 Å². The predicted molar refractivity (Wildman–Crippen MR) is 67.5 cm³/mol. The molecular weight excluding hydrogens is 204 g/mol. The minimum atomic E-state index is -1.25. The van der Waals surface area contributed by atoms with Crippen molar-refractivity contribution in [1.82, 2.24) is 0 Å². The predicted octanol–water partition coefficient (Wildman–Crippen LogP) is 3.32. The molecule has 0 fully saturated rings. The first-order valence-corrected chi connectivity index (χ1v) is 9.05. The Kier molecular flexibility index (Phi) is 6.25. The van der Waals surface area contributed by atoms with Crippen LogP contribution in [0.1, 0.15) is 20.3 Å². The number of carbonyl (C=O) groups is 1. The van der Waals surface area contributed by atoms with E-state index in [9.17, 15) is 4.79 Å². The van der Waals surface area contributed by atoms with Gasteiger partial charge >= 0.3 is 5.97 Å². The quantitative estimate of drug-likeness (QED) is 0.311. The molecule has 0 rings (SSSR count). The minimum Gasteiger partial charge on any atom is -0.462 e. The normalized spacial score (nSPS) is 13.3. The summed E-state index contributed by atoms with van der Waals surface area (Å²) < 4.78 is 4.98. The van der Waals surface area contributed by atoms with Crippen LogP contribution in [0.2, 0.25) is 19.6 Å². The van der Waals surface area contributed by atoms with E-state index in [1.54, 1.807) is 0 Å². The largest absolute Gasteiger partial charge is 0.462 e. The van der Waals surface area contributed by atoms with Crippen molar-refractivity contribution in [3.8, 4) is 0 Å². The molecule has 0 aliphatic heterocycles. The van der Waals surface area contributed by atoms with E-state index in [4.69, 9.17) is 4.74 Å². The molecule has 0 heterocycles. The van der Waals surface area contributed by atoms with E-state index in [0.29, 0.717) is 12.2 Å². The molecule has 3 heteroatoms. The van der Waals surface area contributed by atoms with Crippen LogP contribution in [0.5, 0.6) is 0 Å². The van der Waals surface area contributed by atoms with E-state index in [0.717, 1.165) is 6.42 Å². The third kappa shape index (κ3) is 7.14. The van der Waals surface area contributed by atoms with Gasteiger partial charge in [-0.1, -0.05) is 44.4 Å². The average molecular weight is 226 g/mol. The van der Waals surface area contributed by atoms with Gasteiger partial charge in [0.15, 0.2) is 0 Å². The highest BCUT2D eigenvalue weighted by Gasteiger charge is 2.10. The van der Waals surface area contributed by atoms with E-state index in [1.807, 2.05) is 26.0 Å². The Bertz CT molecular complexity index is 259. The Hall–Kier alpha value is -0.833. The summed E-state index contributed by atoms with van der Waals surface area (Å²) in [5.41, 5.74) is 2.84. The Morgan fingerprint density at radius 2 is 1.87 bits per heavy atom. The molecule has 86 valence electrons. The Morgan fingerprint density at radius 1 is 1.27 bits per heavy atom. The van der Waals surface area contributed by atoms with Gasteiger partial charge in [0.25, 0.3) is 0 Å². The lowest BCUT2D eigenvalue weighted by Gasteiger charge is -2.09. The summed E-state index contributed by atoms with van der Waals surface area (Å²) in [6.07, 6.45) is 4.67. The fourth-order valence-corrected chi connectivity index (χ4v) is 1.67. The van der Waals surface area contributed by atoms with E-state index in [-0.39, 0.29) is 5.97 Å². The first-order chi connectivity index (χ1) is 6.90. The molecule has 0 saturated heterocycles. The van der Waals surface area contributed by atoms with Gasteiger partial charge in [-0.3, -0.25) is 0 Å². The van der Waals surface area contributed by atoms with Crippen molar-refractivity contribution in [3.05, 3.63) is 23.4 Å². The van der Waals surface area contributed by atoms with Crippen LogP contribution in [-0.2, 0) is 9.53 Å². The van der Waals surface area contributed by atoms with Crippen molar-refractivity contribution in [2.45, 2.75) is 39.9 Å². The maximum atomic E-state index is 11.5. The van der Waals surface area contributed by atoms with Gasteiger partial charge in [0.05, 0.1) is 20.3 Å². The van der Waals surface area contributed by atoms with Gasteiger partial charge in [-0.2, -0.15) is 0 Å². The molecule has 0 aromatic rings. The average Bonchev–Trinajstić information content (AvgIpc) is 2.11. The second kappa shape index (κ2) is 6.61. The van der Waals surface area contributed by atoms with Gasteiger partial charge in [0.2, 0.25) is 0 Å². The fourth-order valence-electron chi connectivity index (χ4n) is 0.994. The summed E-state index contributed by atoms with van der Waals surface area (Å²) in [7, 11) is -1.25. The highest BCUT2D eigenvalue weighted by molar-refractivity contribution is 6.81. The SMILES string of the molecule is CC/C=C(/C=C/[Si](C)(C)C)C(=O)OCC. The van der Waals surface area contributed by atoms with E-state index in [1.165, 1.54) is 0 Å². The van der Waals surface area contributed by atoms with E-state index in [2.05, 4.69) is 25.3 Å². The molecule has 0 bridgehead atoms. The first-order valence-electron chi connectivity index (χ1n) is 5.47. The summed E-state index contributed by atoms with van der Waals surface area (Å²) in [5.74, 6) is -0.214. The molecule has 0 aromatic carbocycles. The van der Waals surface area contributed by atoms with E-state index < -0.39 is 8.07 Å². The lowest BCUT2D eigenvalue weighted by molar-refractivity contribution is -0.138. The van der Waals surface area contributed by atoms with Gasteiger partial charge in [-0.25, -0.2) is 4.79 Å². The van der Waals surface area contributed by atoms with Crippen LogP contribution in [0.4, 0.5) is 0 Å². The number of carbonyl (C=O) groups excluding carboxylic acids is 1. The van der Waals surface area contributed by atoms with Gasteiger partial charge in [-0.05, 0) is 13.3 Å². The molecule has 0 amide bonds. The number of allylic oxidation sites excluding steroid dienone is 1. The lowest BCUT2D eigenvalue weighted by Crippen LogP contribution is -2.16. The summed E-state index contributed by atoms with van der Waals surface area (Å²) in [5, 5.41) is 0. The lowest BCUT2D eigenvalue weighted by atomic mass is 10.2. The topological polar surface area (TPSA) is 26.3 Å². The molecule has 15 heavy (non-hydrogen) atoms. The molecule has 0 atom stereocenters. The monoisotopic (exact) mass is 226 g/mol. The van der Waals surface area contributed by atoms with Crippen LogP contribution in [-0.4, -0.2) is 20.7 Å². The number of ether oxygens (including phenoxy) is 1. The van der Waals surface area contributed by atoms with E-state index >= 15 is 0 Å². The van der Waals surface area contributed by atoms with Gasteiger partial charge < -0.3 is 4.74 Å². The molecule has 0 radical (unpaired) electrons. The molecule has 0 saturated carbocycles. The molecule has 0 unspecified atom stereocenters. The van der Waals surface area contributed by atoms with Crippen LogP contribution in [0.3, 0.4) is 0 Å². The third-order valence-electron chi connectivity index (χ3n) is 1.70. The zero-order valence-corrected chi connectivity index (χ0v) is 11.5. The van der Waals surface area contributed by atoms with Crippen LogP contribution in [0.15, 0.2) is 23.4 Å². The molecule has 0 aromatic heterocycles. The van der Waals surface area contributed by atoms with Crippen molar-refractivity contribution in [2.75, 3.05) is 6.61 Å². The smallest absolute Gasteiger partial charge is 0.337 e. The second-order valence-corrected chi connectivity index (χ2v) is 9.55. The summed E-state index contributed by atoms with van der Waals surface area (Å²) in [6.45, 7) is 11.0. The van der Waals surface area contributed by atoms with Crippen molar-refractivity contribution in [2.24, 2.45) is 0 Å². The number of hydrogen-bond donors (Lipinski definition) is 0. The third-order valence-corrected chi connectivity index (χ3v) is 2.86. The molecule has 0 spiro atoms. The highest BCUT2D eigenvalue weighted by atomic mass is 28.3. The molecule has 0 aliphatic carbocycles. The van der Waals surface area contributed by atoms with Crippen LogP contribution >= 0.6 is 0 Å². The van der Waals surface area contributed by atoms with Crippen molar-refractivity contribution in [3.63, 3.8) is 0 Å². The van der Waals surface area contributed by atoms with Crippen molar-refractivity contribution >= 4 is 14.0 Å². The molecule has 0 aliphatic rings. The standard InChI is InChI=1S/C12H22O2Si/c1-6-8-11(12(13)14-7-2)9-10-15(3,4)5/h8-10H,6-7H2,1-5H3/b10-9+,11-8-. The van der Waals surface area contributed by atoms with Crippen LogP contribution in [0.25, 0.3) is 0 Å². The summed E-state index contributed by atoms with van der Waals surface area (Å²) in [6, 6.07) is 0. The van der Waals surface area contributed by atoms with Gasteiger partial charge in [0.1, 0.15) is 0 Å². The fraction of sp³-hybridized carbons (Fsp3) is 0.583. The molecule has 2 nitrogen and oxygen atoms in total.